The number of fused-ring (bicyclic) bond motifs is 6. The summed E-state index contributed by atoms with van der Waals surface area (Å²) in [6.45, 7) is 5.85. The molecule has 3 heterocycles. The summed E-state index contributed by atoms with van der Waals surface area (Å²) in [6, 6.07) is 54.0. The number of hydrogen-bond acceptors (Lipinski definition) is 2. The van der Waals surface area contributed by atoms with Gasteiger partial charge in [0.05, 0.1) is 27.8 Å². The lowest BCUT2D eigenvalue weighted by atomic mass is 10.0. The molecule has 4 nitrogen and oxygen atoms in total. The Bertz CT molecular complexity index is 2820. The fourth-order valence-corrected chi connectivity index (χ4v) is 7.24. The zero-order valence-corrected chi connectivity index (χ0v) is 28.2. The fraction of sp³-hybridized carbons (Fsp3) is 0.0213. The minimum atomic E-state index is 0.685. The third-order valence-corrected chi connectivity index (χ3v) is 9.65. The maximum absolute atomic E-state index is 5.18. The normalized spacial score (nSPS) is 12.1. The smallest absolute Gasteiger partial charge is 0.157 e. The van der Waals surface area contributed by atoms with Gasteiger partial charge in [-0.3, -0.25) is 4.57 Å². The molecule has 0 N–H and O–H groups in total. The minimum absolute atomic E-state index is 0.685. The van der Waals surface area contributed by atoms with Crippen LogP contribution in [0.5, 0.6) is 0 Å². The van der Waals surface area contributed by atoms with Crippen molar-refractivity contribution in [2.75, 3.05) is 0 Å². The fourth-order valence-electron chi connectivity index (χ4n) is 7.24. The lowest BCUT2D eigenvalue weighted by Crippen LogP contribution is -2.03. The molecule has 0 amide bonds. The van der Waals surface area contributed by atoms with E-state index < -0.39 is 0 Å². The molecule has 0 aliphatic heterocycles. The Hall–Kier alpha value is -6.78. The standard InChI is InChI=1S/C47H34N4/c1-3-4-7-16-32(2)47-48-41(33-17-8-5-9-18-33)31-46(49-47)51-43-24-15-13-22-38(43)40-29-34(26-28-44(40)51)35-25-27-39-37-21-12-14-23-42(37)50(45(39)30-35)36-19-10-6-11-20-36/h3-31H,1H2,2H3/b7-4-,32-16+. The summed E-state index contributed by atoms with van der Waals surface area (Å²) in [6.07, 6.45) is 7.68. The van der Waals surface area contributed by atoms with Crippen LogP contribution in [-0.2, 0) is 0 Å². The lowest BCUT2D eigenvalue weighted by molar-refractivity contribution is 1.02. The van der Waals surface area contributed by atoms with E-state index in [1.54, 1.807) is 6.08 Å². The van der Waals surface area contributed by atoms with Crippen molar-refractivity contribution in [3.63, 3.8) is 0 Å². The molecule has 0 atom stereocenters. The van der Waals surface area contributed by atoms with Crippen molar-refractivity contribution in [3.8, 4) is 33.9 Å². The van der Waals surface area contributed by atoms with Gasteiger partial charge in [-0.05, 0) is 66.1 Å². The van der Waals surface area contributed by atoms with Crippen molar-refractivity contribution < 1.29 is 0 Å². The maximum atomic E-state index is 5.18. The molecule has 0 saturated heterocycles. The van der Waals surface area contributed by atoms with Crippen LogP contribution < -0.4 is 0 Å². The average molecular weight is 655 g/mol. The zero-order valence-electron chi connectivity index (χ0n) is 28.2. The molecule has 0 radical (unpaired) electrons. The second kappa shape index (κ2) is 12.6. The summed E-state index contributed by atoms with van der Waals surface area (Å²) in [5.74, 6) is 1.51. The number of rotatable bonds is 7. The van der Waals surface area contributed by atoms with Crippen molar-refractivity contribution in [2.45, 2.75) is 6.92 Å². The first kappa shape index (κ1) is 30.3. The van der Waals surface area contributed by atoms with Crippen molar-refractivity contribution in [2.24, 2.45) is 0 Å². The van der Waals surface area contributed by atoms with Gasteiger partial charge in [-0.1, -0.05) is 134 Å². The third-order valence-electron chi connectivity index (χ3n) is 9.65. The first-order valence-electron chi connectivity index (χ1n) is 17.2. The van der Waals surface area contributed by atoms with E-state index in [0.29, 0.717) is 5.82 Å². The summed E-state index contributed by atoms with van der Waals surface area (Å²) in [7, 11) is 0. The third kappa shape index (κ3) is 5.25. The van der Waals surface area contributed by atoms with Crippen LogP contribution in [-0.4, -0.2) is 19.1 Å². The molecular formula is C47H34N4. The molecular weight excluding hydrogens is 621 g/mol. The molecule has 0 saturated carbocycles. The minimum Gasteiger partial charge on any atom is -0.309 e. The second-order valence-electron chi connectivity index (χ2n) is 12.8. The van der Waals surface area contributed by atoms with E-state index in [4.69, 9.17) is 9.97 Å². The van der Waals surface area contributed by atoms with Gasteiger partial charge in [-0.25, -0.2) is 9.97 Å². The number of hydrogen-bond donors (Lipinski definition) is 0. The molecule has 9 aromatic rings. The lowest BCUT2D eigenvalue weighted by Gasteiger charge is -2.12. The van der Waals surface area contributed by atoms with Crippen molar-refractivity contribution >= 4 is 49.2 Å². The van der Waals surface area contributed by atoms with Gasteiger partial charge in [0.2, 0.25) is 0 Å². The monoisotopic (exact) mass is 654 g/mol. The molecule has 3 aromatic heterocycles. The summed E-state index contributed by atoms with van der Waals surface area (Å²) in [5.41, 5.74) is 11.0. The molecule has 0 fully saturated rings. The van der Waals surface area contributed by atoms with Gasteiger partial charge < -0.3 is 4.57 Å². The van der Waals surface area contributed by atoms with Crippen molar-refractivity contribution in [1.29, 1.82) is 0 Å². The molecule has 0 unspecified atom stereocenters. The highest BCUT2D eigenvalue weighted by Crippen LogP contribution is 2.38. The highest BCUT2D eigenvalue weighted by Gasteiger charge is 2.18. The van der Waals surface area contributed by atoms with Crippen LogP contribution in [0.25, 0.3) is 83.1 Å². The highest BCUT2D eigenvalue weighted by atomic mass is 15.1. The predicted molar refractivity (Wildman–Crippen MR) is 215 cm³/mol. The SMILES string of the molecule is C=C/C=C\C=C(/C)c1nc(-c2ccccc2)cc(-n2c3ccccc3c3cc(-c4ccc5c6ccccc6n(-c6ccccc6)c5c4)ccc32)n1. The highest BCUT2D eigenvalue weighted by molar-refractivity contribution is 6.12. The van der Waals surface area contributed by atoms with E-state index in [1.807, 2.05) is 43.4 Å². The Morgan fingerprint density at radius 2 is 1.12 bits per heavy atom. The van der Waals surface area contributed by atoms with E-state index in [9.17, 15) is 0 Å². The van der Waals surface area contributed by atoms with E-state index in [1.165, 1.54) is 43.7 Å². The van der Waals surface area contributed by atoms with Gasteiger partial charge in [0.15, 0.2) is 5.82 Å². The van der Waals surface area contributed by atoms with Crippen LogP contribution in [0.4, 0.5) is 0 Å². The average Bonchev–Trinajstić information content (AvgIpc) is 3.70. The largest absolute Gasteiger partial charge is 0.309 e. The molecule has 6 aromatic carbocycles. The second-order valence-corrected chi connectivity index (χ2v) is 12.8. The molecule has 9 rings (SSSR count). The van der Waals surface area contributed by atoms with Crippen LogP contribution in [0.2, 0.25) is 0 Å². The van der Waals surface area contributed by atoms with E-state index in [0.717, 1.165) is 39.4 Å². The Kier molecular flexibility index (Phi) is 7.48. The summed E-state index contributed by atoms with van der Waals surface area (Å²) in [4.78, 5) is 10.2. The number of allylic oxidation sites excluding steroid dienone is 5. The Labute approximate surface area is 296 Å². The summed E-state index contributed by atoms with van der Waals surface area (Å²) < 4.78 is 4.65. The van der Waals surface area contributed by atoms with E-state index >= 15 is 0 Å². The molecule has 0 aliphatic rings. The van der Waals surface area contributed by atoms with Crippen LogP contribution in [0, 0.1) is 0 Å². The number of para-hydroxylation sites is 3. The first-order chi connectivity index (χ1) is 25.2. The predicted octanol–water partition coefficient (Wildman–Crippen LogP) is 12.2. The van der Waals surface area contributed by atoms with E-state index in [-0.39, 0.29) is 0 Å². The van der Waals surface area contributed by atoms with Gasteiger partial charge in [0, 0.05) is 38.9 Å². The molecule has 0 bridgehead atoms. The number of nitrogens with zero attached hydrogens (tertiary/aromatic N) is 4. The number of benzene rings is 6. The maximum Gasteiger partial charge on any atom is 0.157 e. The van der Waals surface area contributed by atoms with Gasteiger partial charge in [0.25, 0.3) is 0 Å². The van der Waals surface area contributed by atoms with Crippen LogP contribution in [0.15, 0.2) is 183 Å². The Morgan fingerprint density at radius 1 is 0.510 bits per heavy atom. The Morgan fingerprint density at radius 3 is 1.88 bits per heavy atom. The summed E-state index contributed by atoms with van der Waals surface area (Å²) >= 11 is 0. The summed E-state index contributed by atoms with van der Waals surface area (Å²) in [5, 5.41) is 4.85. The van der Waals surface area contributed by atoms with Gasteiger partial charge >= 0.3 is 0 Å². The number of aromatic nitrogens is 4. The molecule has 0 aliphatic carbocycles. The van der Waals surface area contributed by atoms with Gasteiger partial charge in [0.1, 0.15) is 5.82 Å². The molecule has 51 heavy (non-hydrogen) atoms. The first-order valence-corrected chi connectivity index (χ1v) is 17.2. The molecule has 242 valence electrons. The van der Waals surface area contributed by atoms with Gasteiger partial charge in [-0.2, -0.15) is 0 Å². The van der Waals surface area contributed by atoms with Crippen molar-refractivity contribution in [3.05, 3.63) is 188 Å². The van der Waals surface area contributed by atoms with E-state index in [2.05, 4.69) is 149 Å². The Balaban J connectivity index is 1.24. The quantitative estimate of drug-likeness (QED) is 0.160. The van der Waals surface area contributed by atoms with Crippen molar-refractivity contribution in [1.82, 2.24) is 19.1 Å². The topological polar surface area (TPSA) is 35.6 Å². The van der Waals surface area contributed by atoms with Crippen LogP contribution in [0.1, 0.15) is 12.7 Å². The van der Waals surface area contributed by atoms with Gasteiger partial charge in [-0.15, -0.1) is 0 Å². The zero-order chi connectivity index (χ0) is 34.3. The molecule has 0 spiro atoms. The van der Waals surface area contributed by atoms with Crippen LogP contribution in [0.3, 0.4) is 0 Å². The molecule has 4 heteroatoms. The van der Waals surface area contributed by atoms with Crippen LogP contribution >= 0.6 is 0 Å².